The first-order chi connectivity index (χ1) is 13.3. The van der Waals surface area contributed by atoms with Crippen molar-refractivity contribution in [3.63, 3.8) is 0 Å². The average molecular weight is 361 g/mol. The van der Waals surface area contributed by atoms with E-state index in [9.17, 15) is 0 Å². The molecule has 1 aliphatic carbocycles. The fourth-order valence-corrected chi connectivity index (χ4v) is 4.11. The van der Waals surface area contributed by atoms with Crippen LogP contribution in [0, 0.1) is 0 Å². The zero-order valence-corrected chi connectivity index (χ0v) is 15.5. The van der Waals surface area contributed by atoms with E-state index in [1.54, 1.807) is 6.33 Å². The molecule has 0 bridgehead atoms. The second-order valence-electron chi connectivity index (χ2n) is 7.50. The van der Waals surface area contributed by atoms with Gasteiger partial charge < -0.3 is 10.2 Å². The number of likely N-dealkylation sites (tertiary alicyclic amines) is 1. The molecule has 27 heavy (non-hydrogen) atoms. The molecule has 0 atom stereocenters. The van der Waals surface area contributed by atoms with Gasteiger partial charge in [-0.25, -0.2) is 9.97 Å². The summed E-state index contributed by atoms with van der Waals surface area (Å²) in [5.74, 6) is 0.946. The lowest BCUT2D eigenvalue weighted by Gasteiger charge is -2.30. The number of benzene rings is 1. The highest BCUT2D eigenvalue weighted by atomic mass is 15.1. The van der Waals surface area contributed by atoms with E-state index < -0.39 is 0 Å². The Bertz CT molecular complexity index is 1030. The van der Waals surface area contributed by atoms with Crippen LogP contribution in [0.1, 0.15) is 32.5 Å². The normalized spacial score (nSPS) is 17.7. The third-order valence-corrected chi connectivity index (χ3v) is 5.69. The number of anilines is 1. The lowest BCUT2D eigenvalue weighted by atomic mass is 9.99. The van der Waals surface area contributed by atoms with Crippen molar-refractivity contribution in [3.05, 3.63) is 65.8 Å². The van der Waals surface area contributed by atoms with Gasteiger partial charge in [-0.2, -0.15) is 0 Å². The molecule has 1 N–H and O–H groups in total. The van der Waals surface area contributed by atoms with Crippen molar-refractivity contribution in [1.82, 2.24) is 19.9 Å². The number of hydrogen-bond donors (Lipinski definition) is 1. The monoisotopic (exact) mass is 361 g/mol. The van der Waals surface area contributed by atoms with E-state index in [-0.39, 0.29) is 2.85 Å². The average Bonchev–Trinajstić information content (AvgIpc) is 3.14. The molecular formula is C22H27N5. The minimum Gasteiger partial charge on any atom is -0.367 e. The Morgan fingerprint density at radius 2 is 2.00 bits per heavy atom. The van der Waals surface area contributed by atoms with Gasteiger partial charge in [0.1, 0.15) is 12.1 Å². The molecule has 2 aromatic heterocycles. The fraction of sp³-hybridized carbons (Fsp3) is 0.318. The zero-order valence-electron chi connectivity index (χ0n) is 15.5. The van der Waals surface area contributed by atoms with E-state index in [0.717, 1.165) is 54.8 Å². The van der Waals surface area contributed by atoms with Gasteiger partial charge in [0.15, 0.2) is 0 Å². The Kier molecular flexibility index (Phi) is 4.09. The third-order valence-electron chi connectivity index (χ3n) is 5.69. The summed E-state index contributed by atoms with van der Waals surface area (Å²) < 4.78 is 0. The number of nitrogens with zero attached hydrogens (tertiary/aromatic N) is 4. The zero-order chi connectivity index (χ0) is 18.2. The van der Waals surface area contributed by atoms with Crippen LogP contribution in [-0.2, 0) is 6.42 Å². The molecule has 5 nitrogen and oxygen atoms in total. The highest BCUT2D eigenvalue weighted by Crippen LogP contribution is 2.33. The molecule has 0 radical (unpaired) electrons. The van der Waals surface area contributed by atoms with Gasteiger partial charge in [-0.15, -0.1) is 0 Å². The molecule has 5 heteroatoms. The lowest BCUT2D eigenvalue weighted by molar-refractivity contribution is 0.264. The summed E-state index contributed by atoms with van der Waals surface area (Å²) >= 11 is 0. The number of rotatable bonds is 3. The Morgan fingerprint density at radius 1 is 1.11 bits per heavy atom. The molecule has 3 heterocycles. The summed E-state index contributed by atoms with van der Waals surface area (Å²) in [6.07, 6.45) is 8.99. The van der Waals surface area contributed by atoms with Crippen LogP contribution in [0.2, 0.25) is 0 Å². The minimum atomic E-state index is 0. The van der Waals surface area contributed by atoms with E-state index in [4.69, 9.17) is 0 Å². The molecule has 0 amide bonds. The maximum absolute atomic E-state index is 4.56. The second-order valence-corrected chi connectivity index (χ2v) is 7.50. The van der Waals surface area contributed by atoms with E-state index >= 15 is 0 Å². The summed E-state index contributed by atoms with van der Waals surface area (Å²) in [4.78, 5) is 15.9. The molecule has 1 aromatic carbocycles. The van der Waals surface area contributed by atoms with Crippen molar-refractivity contribution in [2.45, 2.75) is 25.3 Å². The number of piperidine rings is 1. The van der Waals surface area contributed by atoms with Gasteiger partial charge in [0, 0.05) is 32.5 Å². The maximum atomic E-state index is 4.56. The molecule has 5 rings (SSSR count). The van der Waals surface area contributed by atoms with Crippen molar-refractivity contribution in [2.75, 3.05) is 25.5 Å². The topological polar surface area (TPSA) is 53.9 Å². The molecule has 3 aromatic rings. The van der Waals surface area contributed by atoms with Crippen molar-refractivity contribution in [1.29, 1.82) is 0 Å². The predicted octanol–water partition coefficient (Wildman–Crippen LogP) is 4.01. The van der Waals surface area contributed by atoms with E-state index in [0.29, 0.717) is 6.04 Å². The summed E-state index contributed by atoms with van der Waals surface area (Å²) in [6.45, 7) is 2.26. The van der Waals surface area contributed by atoms with Gasteiger partial charge in [-0.05, 0) is 62.3 Å². The van der Waals surface area contributed by atoms with Gasteiger partial charge in [0.25, 0.3) is 0 Å². The van der Waals surface area contributed by atoms with Crippen molar-refractivity contribution >= 4 is 22.3 Å². The molecule has 140 valence electrons. The molecule has 1 saturated heterocycles. The molecule has 2 aliphatic rings. The largest absolute Gasteiger partial charge is 0.367 e. The molecule has 0 saturated carbocycles. The SMILES string of the molecule is CN1CCC(Nc2ncnc3ccc(C4=CCc5ncccc54)cc23)CC1.[HH].[HH]. The second kappa shape index (κ2) is 6.74. The summed E-state index contributed by atoms with van der Waals surface area (Å²) in [6, 6.07) is 11.1. The molecule has 1 fully saturated rings. The van der Waals surface area contributed by atoms with E-state index in [2.05, 4.69) is 62.6 Å². The Labute approximate surface area is 162 Å². The quantitative estimate of drug-likeness (QED) is 0.764. The Hall–Kier alpha value is -2.79. The molecule has 0 unspecified atom stereocenters. The van der Waals surface area contributed by atoms with E-state index in [1.165, 1.54) is 16.7 Å². The Morgan fingerprint density at radius 3 is 2.89 bits per heavy atom. The highest BCUT2D eigenvalue weighted by molar-refractivity contribution is 5.94. The van der Waals surface area contributed by atoms with Crippen molar-refractivity contribution in [3.8, 4) is 0 Å². The van der Waals surface area contributed by atoms with Crippen LogP contribution >= 0.6 is 0 Å². The summed E-state index contributed by atoms with van der Waals surface area (Å²) in [5, 5.41) is 4.76. The third kappa shape index (κ3) is 3.08. The van der Waals surface area contributed by atoms with Gasteiger partial charge in [0.2, 0.25) is 0 Å². The van der Waals surface area contributed by atoms with Crippen LogP contribution in [0.25, 0.3) is 16.5 Å². The van der Waals surface area contributed by atoms with Crippen LogP contribution in [0.15, 0.2) is 48.9 Å². The van der Waals surface area contributed by atoms with Crippen LogP contribution in [0.5, 0.6) is 0 Å². The maximum Gasteiger partial charge on any atom is 0.137 e. The smallest absolute Gasteiger partial charge is 0.137 e. The lowest BCUT2D eigenvalue weighted by Crippen LogP contribution is -2.36. The van der Waals surface area contributed by atoms with Crippen molar-refractivity contribution in [2.24, 2.45) is 0 Å². The Balaban J connectivity index is 0.00000120. The first kappa shape index (κ1) is 16.4. The predicted molar refractivity (Wildman–Crippen MR) is 113 cm³/mol. The van der Waals surface area contributed by atoms with Crippen molar-refractivity contribution < 1.29 is 2.85 Å². The van der Waals surface area contributed by atoms with Gasteiger partial charge in [-0.1, -0.05) is 18.2 Å². The highest BCUT2D eigenvalue weighted by Gasteiger charge is 2.19. The summed E-state index contributed by atoms with van der Waals surface area (Å²) in [5.41, 5.74) is 5.83. The molecular weight excluding hydrogens is 334 g/mol. The molecule has 1 aliphatic heterocycles. The molecule has 0 spiro atoms. The number of allylic oxidation sites excluding steroid dienone is 1. The summed E-state index contributed by atoms with van der Waals surface area (Å²) in [7, 11) is 2.19. The first-order valence-electron chi connectivity index (χ1n) is 9.62. The number of nitrogens with one attached hydrogen (secondary N) is 1. The standard InChI is InChI=1S/C22H23N5.2H2/c1-27-11-8-16(9-12-27)26-22-19-13-15(4-6-21(19)24-14-25-22)17-5-7-20-18(17)3-2-10-23-20;;/h2-6,10,13-14,16H,7-9,11-12H2,1H3,(H,24,25,26);2*1H. The van der Waals surface area contributed by atoms with E-state index in [1.807, 2.05) is 12.3 Å². The van der Waals surface area contributed by atoms with Crippen LogP contribution in [0.4, 0.5) is 5.82 Å². The van der Waals surface area contributed by atoms with Crippen LogP contribution < -0.4 is 5.32 Å². The van der Waals surface area contributed by atoms with Gasteiger partial charge >= 0.3 is 0 Å². The number of hydrogen-bond acceptors (Lipinski definition) is 5. The minimum absolute atomic E-state index is 0. The van der Waals surface area contributed by atoms with Gasteiger partial charge in [-0.3, -0.25) is 4.98 Å². The number of pyridine rings is 1. The van der Waals surface area contributed by atoms with Crippen LogP contribution in [-0.4, -0.2) is 46.0 Å². The number of aromatic nitrogens is 3. The van der Waals surface area contributed by atoms with Crippen LogP contribution in [0.3, 0.4) is 0 Å². The fourth-order valence-electron chi connectivity index (χ4n) is 4.11. The van der Waals surface area contributed by atoms with Gasteiger partial charge in [0.05, 0.1) is 11.2 Å². The first-order valence-corrected chi connectivity index (χ1v) is 9.62. The number of fused-ring (bicyclic) bond motifs is 2.